The second kappa shape index (κ2) is 10.2. The molecule has 4 heteroatoms. The third kappa shape index (κ3) is 6.23. The van der Waals surface area contributed by atoms with E-state index < -0.39 is 0 Å². The quantitative estimate of drug-likeness (QED) is 0.697. The average molecular weight is 299 g/mol. The SMILES string of the molecule is CCCNC(CCN(CC)CCO)c1cccc(Cl)c1. The number of rotatable bonds is 10. The molecule has 2 N–H and O–H groups in total. The molecule has 0 aromatic heterocycles. The minimum atomic E-state index is 0.220. The summed E-state index contributed by atoms with van der Waals surface area (Å²) in [6.07, 6.45) is 2.14. The van der Waals surface area contributed by atoms with Crippen LogP contribution in [0.15, 0.2) is 24.3 Å². The normalized spacial score (nSPS) is 12.8. The number of halogens is 1. The van der Waals surface area contributed by atoms with Gasteiger partial charge in [0.05, 0.1) is 6.61 Å². The Balaban J connectivity index is 2.64. The number of hydrogen-bond donors (Lipinski definition) is 2. The van der Waals surface area contributed by atoms with E-state index in [1.54, 1.807) is 0 Å². The van der Waals surface area contributed by atoms with Gasteiger partial charge in [0.1, 0.15) is 0 Å². The number of likely N-dealkylation sites (N-methyl/N-ethyl adjacent to an activating group) is 1. The lowest BCUT2D eigenvalue weighted by atomic mass is 10.0. The molecular weight excluding hydrogens is 272 g/mol. The van der Waals surface area contributed by atoms with Crippen molar-refractivity contribution in [2.75, 3.05) is 32.8 Å². The van der Waals surface area contributed by atoms with Crippen LogP contribution in [0.2, 0.25) is 5.02 Å². The van der Waals surface area contributed by atoms with Gasteiger partial charge in [-0.3, -0.25) is 0 Å². The average Bonchev–Trinajstić information content (AvgIpc) is 2.46. The van der Waals surface area contributed by atoms with Crippen LogP contribution in [0.3, 0.4) is 0 Å². The van der Waals surface area contributed by atoms with Crippen molar-refractivity contribution < 1.29 is 5.11 Å². The van der Waals surface area contributed by atoms with Crippen LogP contribution in [0.25, 0.3) is 0 Å². The summed E-state index contributed by atoms with van der Waals surface area (Å²) < 4.78 is 0. The maximum absolute atomic E-state index is 9.05. The Morgan fingerprint density at radius 2 is 2.10 bits per heavy atom. The van der Waals surface area contributed by atoms with Crippen molar-refractivity contribution in [3.05, 3.63) is 34.9 Å². The summed E-state index contributed by atoms with van der Waals surface area (Å²) in [5.74, 6) is 0. The second-order valence-electron chi connectivity index (χ2n) is 5.01. The van der Waals surface area contributed by atoms with Gasteiger partial charge in [-0.25, -0.2) is 0 Å². The van der Waals surface area contributed by atoms with E-state index in [1.165, 1.54) is 5.56 Å². The number of benzene rings is 1. The molecule has 0 bridgehead atoms. The fourth-order valence-corrected chi connectivity index (χ4v) is 2.51. The first-order valence-corrected chi connectivity index (χ1v) is 7.91. The van der Waals surface area contributed by atoms with Gasteiger partial charge in [-0.15, -0.1) is 0 Å². The van der Waals surface area contributed by atoms with Gasteiger partial charge in [0.2, 0.25) is 0 Å². The Kier molecular flexibility index (Phi) is 8.86. The van der Waals surface area contributed by atoms with E-state index in [-0.39, 0.29) is 6.61 Å². The zero-order valence-corrected chi connectivity index (χ0v) is 13.4. The van der Waals surface area contributed by atoms with Crippen molar-refractivity contribution in [1.29, 1.82) is 0 Å². The Bertz CT molecular complexity index is 373. The predicted molar refractivity (Wildman–Crippen MR) is 86.3 cm³/mol. The summed E-state index contributed by atoms with van der Waals surface area (Å²) in [6, 6.07) is 8.40. The molecule has 1 atom stereocenters. The van der Waals surface area contributed by atoms with Crippen LogP contribution < -0.4 is 5.32 Å². The summed E-state index contributed by atoms with van der Waals surface area (Å²) in [7, 11) is 0. The highest BCUT2D eigenvalue weighted by atomic mass is 35.5. The molecule has 0 aliphatic rings. The first-order valence-electron chi connectivity index (χ1n) is 7.53. The fraction of sp³-hybridized carbons (Fsp3) is 0.625. The molecule has 1 aromatic rings. The van der Waals surface area contributed by atoms with Gasteiger partial charge in [0.15, 0.2) is 0 Å². The van der Waals surface area contributed by atoms with Crippen molar-refractivity contribution in [1.82, 2.24) is 10.2 Å². The van der Waals surface area contributed by atoms with Crippen molar-refractivity contribution in [2.24, 2.45) is 0 Å². The number of aliphatic hydroxyl groups is 1. The molecule has 0 saturated heterocycles. The Morgan fingerprint density at radius 1 is 1.30 bits per heavy atom. The van der Waals surface area contributed by atoms with Crippen LogP contribution in [0.4, 0.5) is 0 Å². The van der Waals surface area contributed by atoms with E-state index in [2.05, 4.69) is 30.1 Å². The molecule has 0 spiro atoms. The summed E-state index contributed by atoms with van der Waals surface area (Å²) in [4.78, 5) is 2.27. The monoisotopic (exact) mass is 298 g/mol. The first kappa shape index (κ1) is 17.4. The molecule has 1 unspecified atom stereocenters. The predicted octanol–water partition coefficient (Wildman–Crippen LogP) is 3.09. The zero-order valence-electron chi connectivity index (χ0n) is 12.6. The molecule has 0 amide bonds. The van der Waals surface area contributed by atoms with E-state index in [0.29, 0.717) is 6.04 Å². The molecular formula is C16H27ClN2O. The van der Waals surface area contributed by atoms with Crippen LogP contribution in [0.5, 0.6) is 0 Å². The van der Waals surface area contributed by atoms with Crippen molar-refractivity contribution in [3.63, 3.8) is 0 Å². The van der Waals surface area contributed by atoms with Gasteiger partial charge in [-0.05, 0) is 43.6 Å². The third-order valence-electron chi connectivity index (χ3n) is 3.49. The lowest BCUT2D eigenvalue weighted by molar-refractivity contribution is 0.195. The minimum Gasteiger partial charge on any atom is -0.395 e. The minimum absolute atomic E-state index is 0.220. The smallest absolute Gasteiger partial charge is 0.0558 e. The maximum Gasteiger partial charge on any atom is 0.0558 e. The Labute approximate surface area is 127 Å². The van der Waals surface area contributed by atoms with Gasteiger partial charge in [0.25, 0.3) is 0 Å². The van der Waals surface area contributed by atoms with Crippen LogP contribution in [-0.4, -0.2) is 42.8 Å². The zero-order chi connectivity index (χ0) is 14.8. The second-order valence-corrected chi connectivity index (χ2v) is 5.44. The number of nitrogens with one attached hydrogen (secondary N) is 1. The summed E-state index contributed by atoms with van der Waals surface area (Å²) in [6.45, 7) is 8.21. The molecule has 1 rings (SSSR count). The highest BCUT2D eigenvalue weighted by Crippen LogP contribution is 2.21. The topological polar surface area (TPSA) is 35.5 Å². The number of hydrogen-bond acceptors (Lipinski definition) is 3. The maximum atomic E-state index is 9.05. The molecule has 1 aromatic carbocycles. The van der Waals surface area contributed by atoms with Crippen molar-refractivity contribution in [2.45, 2.75) is 32.7 Å². The van der Waals surface area contributed by atoms with E-state index in [4.69, 9.17) is 16.7 Å². The number of aliphatic hydroxyl groups excluding tert-OH is 1. The molecule has 0 heterocycles. The van der Waals surface area contributed by atoms with Crippen molar-refractivity contribution in [3.8, 4) is 0 Å². The van der Waals surface area contributed by atoms with Crippen LogP contribution >= 0.6 is 11.6 Å². The number of nitrogens with zero attached hydrogens (tertiary/aromatic N) is 1. The van der Waals surface area contributed by atoms with Crippen LogP contribution in [-0.2, 0) is 0 Å². The van der Waals surface area contributed by atoms with E-state index >= 15 is 0 Å². The summed E-state index contributed by atoms with van der Waals surface area (Å²) in [5.41, 5.74) is 1.24. The standard InChI is InChI=1S/C16H27ClN2O/c1-3-9-18-16(8-10-19(4-2)11-12-20)14-6-5-7-15(17)13-14/h5-7,13,16,18,20H,3-4,8-12H2,1-2H3. The largest absolute Gasteiger partial charge is 0.395 e. The molecule has 0 aliphatic heterocycles. The Hall–Kier alpha value is -0.610. The van der Waals surface area contributed by atoms with E-state index in [9.17, 15) is 0 Å². The molecule has 3 nitrogen and oxygen atoms in total. The third-order valence-corrected chi connectivity index (χ3v) is 3.72. The Morgan fingerprint density at radius 3 is 2.70 bits per heavy atom. The summed E-state index contributed by atoms with van der Waals surface area (Å²) >= 11 is 6.09. The first-order chi connectivity index (χ1) is 9.71. The van der Waals surface area contributed by atoms with Gasteiger partial charge in [-0.1, -0.05) is 37.6 Å². The molecule has 20 heavy (non-hydrogen) atoms. The summed E-state index contributed by atoms with van der Waals surface area (Å²) in [5, 5.41) is 13.4. The van der Waals surface area contributed by atoms with Gasteiger partial charge in [0, 0.05) is 24.2 Å². The van der Waals surface area contributed by atoms with Crippen LogP contribution in [0, 0.1) is 0 Å². The molecule has 0 fully saturated rings. The van der Waals surface area contributed by atoms with Crippen molar-refractivity contribution >= 4 is 11.6 Å². The van der Waals surface area contributed by atoms with E-state index in [1.807, 2.05) is 18.2 Å². The lowest BCUT2D eigenvalue weighted by Gasteiger charge is -2.24. The highest BCUT2D eigenvalue weighted by molar-refractivity contribution is 6.30. The van der Waals surface area contributed by atoms with Crippen LogP contribution in [0.1, 0.15) is 38.3 Å². The fourth-order valence-electron chi connectivity index (χ4n) is 2.31. The molecule has 0 aliphatic carbocycles. The molecule has 0 radical (unpaired) electrons. The van der Waals surface area contributed by atoms with Gasteiger partial charge >= 0.3 is 0 Å². The molecule has 114 valence electrons. The van der Waals surface area contributed by atoms with Gasteiger partial charge < -0.3 is 15.3 Å². The van der Waals surface area contributed by atoms with Gasteiger partial charge in [-0.2, -0.15) is 0 Å². The lowest BCUT2D eigenvalue weighted by Crippen LogP contribution is -2.31. The highest BCUT2D eigenvalue weighted by Gasteiger charge is 2.12. The molecule has 0 saturated carbocycles. The van der Waals surface area contributed by atoms with E-state index in [0.717, 1.165) is 44.0 Å².